The average molecular weight is 435 g/mol. The number of aromatic nitrogens is 2. The van der Waals surface area contributed by atoms with Gasteiger partial charge in [0.05, 0.1) is 18.8 Å². The Morgan fingerprint density at radius 3 is 2.74 bits per heavy atom. The fourth-order valence-electron chi connectivity index (χ4n) is 3.02. The van der Waals surface area contributed by atoms with Crippen molar-refractivity contribution in [1.29, 1.82) is 0 Å². The molecular weight excluding hydrogens is 405 g/mol. The molecule has 0 amide bonds. The first-order chi connectivity index (χ1) is 10.6. The van der Waals surface area contributed by atoms with Crippen LogP contribution in [0.4, 0.5) is 0 Å². The maximum absolute atomic E-state index is 5.28. The van der Waals surface area contributed by atoms with Gasteiger partial charge in [0.15, 0.2) is 5.96 Å². The monoisotopic (exact) mass is 435 g/mol. The summed E-state index contributed by atoms with van der Waals surface area (Å²) in [6, 6.07) is 0. The number of halogens is 1. The van der Waals surface area contributed by atoms with Crippen molar-refractivity contribution in [2.24, 2.45) is 18.0 Å². The molecule has 0 bridgehead atoms. The Morgan fingerprint density at radius 1 is 1.43 bits per heavy atom. The Labute approximate surface area is 156 Å². The van der Waals surface area contributed by atoms with Gasteiger partial charge in [-0.1, -0.05) is 0 Å². The van der Waals surface area contributed by atoms with Crippen LogP contribution in [0.5, 0.6) is 0 Å². The third-order valence-electron chi connectivity index (χ3n) is 4.37. The summed E-state index contributed by atoms with van der Waals surface area (Å²) >= 11 is 0. The minimum atomic E-state index is 0. The number of methoxy groups -OCH3 is 1. The van der Waals surface area contributed by atoms with Crippen molar-refractivity contribution in [3.8, 4) is 0 Å². The molecule has 0 aliphatic carbocycles. The molecule has 1 N–H and O–H groups in total. The Kier molecular flexibility index (Phi) is 8.32. The number of nitrogens with zero attached hydrogens (tertiary/aromatic N) is 4. The van der Waals surface area contributed by atoms with Gasteiger partial charge < -0.3 is 15.0 Å². The Bertz CT molecular complexity index is 529. The fourth-order valence-corrected chi connectivity index (χ4v) is 3.02. The summed E-state index contributed by atoms with van der Waals surface area (Å²) in [6.45, 7) is 10.7. The van der Waals surface area contributed by atoms with Gasteiger partial charge in [0.2, 0.25) is 0 Å². The van der Waals surface area contributed by atoms with Crippen LogP contribution in [0.25, 0.3) is 0 Å². The van der Waals surface area contributed by atoms with Gasteiger partial charge in [0.25, 0.3) is 0 Å². The number of nitrogens with one attached hydrogen (secondary N) is 1. The summed E-state index contributed by atoms with van der Waals surface area (Å²) in [5.74, 6) is 1.61. The smallest absolute Gasteiger partial charge is 0.194 e. The summed E-state index contributed by atoms with van der Waals surface area (Å²) in [6.07, 6.45) is 1.17. The summed E-state index contributed by atoms with van der Waals surface area (Å²) < 4.78 is 7.21. The lowest BCUT2D eigenvalue weighted by Crippen LogP contribution is -2.40. The van der Waals surface area contributed by atoms with Gasteiger partial charge in [-0.05, 0) is 27.2 Å². The summed E-state index contributed by atoms with van der Waals surface area (Å²) in [7, 11) is 3.76. The predicted octanol–water partition coefficient (Wildman–Crippen LogP) is 2.09. The molecule has 1 aliphatic heterocycles. The largest absolute Gasteiger partial charge is 0.384 e. The first-order valence-electron chi connectivity index (χ1n) is 8.08. The number of hydrogen-bond donors (Lipinski definition) is 1. The molecule has 1 aliphatic rings. The van der Waals surface area contributed by atoms with Crippen molar-refractivity contribution in [2.45, 2.75) is 33.7 Å². The Balaban J connectivity index is 0.00000264. The van der Waals surface area contributed by atoms with E-state index in [9.17, 15) is 0 Å². The highest BCUT2D eigenvalue weighted by Gasteiger charge is 2.24. The molecule has 0 aromatic carbocycles. The predicted molar refractivity (Wildman–Crippen MR) is 104 cm³/mol. The van der Waals surface area contributed by atoms with Crippen LogP contribution >= 0.6 is 24.0 Å². The van der Waals surface area contributed by atoms with Crippen LogP contribution in [-0.2, 0) is 18.3 Å². The molecule has 23 heavy (non-hydrogen) atoms. The highest BCUT2D eigenvalue weighted by atomic mass is 127. The average Bonchev–Trinajstić information content (AvgIpc) is 3.03. The van der Waals surface area contributed by atoms with E-state index >= 15 is 0 Å². The number of rotatable bonds is 5. The highest BCUT2D eigenvalue weighted by molar-refractivity contribution is 14.0. The third-order valence-corrected chi connectivity index (χ3v) is 4.37. The SMILES string of the molecule is CCNC(=NCc1c(C)nn(C)c1C)N1CCC(COC)C1.I. The maximum atomic E-state index is 5.28. The summed E-state index contributed by atoms with van der Waals surface area (Å²) in [4.78, 5) is 7.17. The standard InChI is InChI=1S/C16H29N5O.HI/c1-6-17-16(21-8-7-14(10-21)11-22-5)18-9-15-12(2)19-20(4)13(15)3;/h14H,6-11H2,1-5H3,(H,17,18);1H. The lowest BCUT2D eigenvalue weighted by Gasteiger charge is -2.21. The molecular formula is C16H30IN5O. The molecule has 6 nitrogen and oxygen atoms in total. The number of guanidine groups is 1. The van der Waals surface area contributed by atoms with E-state index in [0.29, 0.717) is 12.5 Å². The van der Waals surface area contributed by atoms with E-state index in [-0.39, 0.29) is 24.0 Å². The number of likely N-dealkylation sites (tertiary alicyclic amines) is 1. The number of hydrogen-bond acceptors (Lipinski definition) is 3. The van der Waals surface area contributed by atoms with Crippen molar-refractivity contribution in [1.82, 2.24) is 20.0 Å². The van der Waals surface area contributed by atoms with Crippen LogP contribution in [0.1, 0.15) is 30.3 Å². The van der Waals surface area contributed by atoms with Crippen LogP contribution in [0.3, 0.4) is 0 Å². The lowest BCUT2D eigenvalue weighted by atomic mass is 10.1. The third kappa shape index (κ3) is 5.07. The quantitative estimate of drug-likeness (QED) is 0.437. The van der Waals surface area contributed by atoms with Gasteiger partial charge in [-0.15, -0.1) is 24.0 Å². The zero-order valence-electron chi connectivity index (χ0n) is 14.9. The van der Waals surface area contributed by atoms with Crippen molar-refractivity contribution >= 4 is 29.9 Å². The van der Waals surface area contributed by atoms with E-state index in [0.717, 1.165) is 37.9 Å². The molecule has 7 heteroatoms. The Hall–Kier alpha value is -0.830. The summed E-state index contributed by atoms with van der Waals surface area (Å²) in [5.41, 5.74) is 3.49. The fraction of sp³-hybridized carbons (Fsp3) is 0.750. The second-order valence-electron chi connectivity index (χ2n) is 6.00. The van der Waals surface area contributed by atoms with E-state index in [2.05, 4.69) is 36.1 Å². The van der Waals surface area contributed by atoms with Crippen LogP contribution in [0.2, 0.25) is 0 Å². The van der Waals surface area contributed by atoms with E-state index in [4.69, 9.17) is 9.73 Å². The topological polar surface area (TPSA) is 54.7 Å². The summed E-state index contributed by atoms with van der Waals surface area (Å²) in [5, 5.41) is 7.88. The van der Waals surface area contributed by atoms with Gasteiger partial charge in [-0.25, -0.2) is 4.99 Å². The van der Waals surface area contributed by atoms with Crippen molar-refractivity contribution in [3.05, 3.63) is 17.0 Å². The molecule has 2 rings (SSSR count). The minimum absolute atomic E-state index is 0. The van der Waals surface area contributed by atoms with E-state index in [1.54, 1.807) is 7.11 Å². The maximum Gasteiger partial charge on any atom is 0.194 e. The van der Waals surface area contributed by atoms with Crippen molar-refractivity contribution in [2.75, 3.05) is 33.4 Å². The molecule has 2 heterocycles. The first-order valence-corrected chi connectivity index (χ1v) is 8.08. The van der Waals surface area contributed by atoms with Gasteiger partial charge in [-0.2, -0.15) is 5.10 Å². The van der Waals surface area contributed by atoms with Gasteiger partial charge >= 0.3 is 0 Å². The number of aryl methyl sites for hydroxylation is 2. The molecule has 1 unspecified atom stereocenters. The zero-order chi connectivity index (χ0) is 16.1. The van der Waals surface area contributed by atoms with E-state index in [1.165, 1.54) is 17.7 Å². The molecule has 1 saturated heterocycles. The van der Waals surface area contributed by atoms with Crippen molar-refractivity contribution in [3.63, 3.8) is 0 Å². The molecule has 0 saturated carbocycles. The number of ether oxygens (including phenoxy) is 1. The normalized spacial score (nSPS) is 18.2. The van der Waals surface area contributed by atoms with Crippen molar-refractivity contribution < 1.29 is 4.74 Å². The second kappa shape index (κ2) is 9.46. The van der Waals surface area contributed by atoms with Crippen LogP contribution in [0.15, 0.2) is 4.99 Å². The van der Waals surface area contributed by atoms with Crippen LogP contribution in [-0.4, -0.2) is 54.0 Å². The molecule has 1 atom stereocenters. The van der Waals surface area contributed by atoms with Gasteiger partial charge in [0, 0.05) is 51.0 Å². The Morgan fingerprint density at radius 2 is 2.17 bits per heavy atom. The van der Waals surface area contributed by atoms with E-state index in [1.807, 2.05) is 11.7 Å². The molecule has 132 valence electrons. The van der Waals surface area contributed by atoms with Gasteiger partial charge in [0.1, 0.15) is 0 Å². The minimum Gasteiger partial charge on any atom is -0.384 e. The lowest BCUT2D eigenvalue weighted by molar-refractivity contribution is 0.157. The van der Waals surface area contributed by atoms with Gasteiger partial charge in [-0.3, -0.25) is 4.68 Å². The zero-order valence-corrected chi connectivity index (χ0v) is 17.3. The van der Waals surface area contributed by atoms with Crippen LogP contribution < -0.4 is 5.32 Å². The molecule has 0 spiro atoms. The molecule has 1 aromatic rings. The molecule has 0 radical (unpaired) electrons. The molecule has 1 fully saturated rings. The second-order valence-corrected chi connectivity index (χ2v) is 6.00. The van der Waals surface area contributed by atoms with Crippen LogP contribution in [0, 0.1) is 19.8 Å². The molecule has 1 aromatic heterocycles. The highest BCUT2D eigenvalue weighted by Crippen LogP contribution is 2.17. The first kappa shape index (κ1) is 20.2. The van der Waals surface area contributed by atoms with E-state index < -0.39 is 0 Å². The number of aliphatic imine (C=N–C) groups is 1.